The number of urea groups is 2. The van der Waals surface area contributed by atoms with E-state index in [9.17, 15) is 14.4 Å². The van der Waals surface area contributed by atoms with E-state index >= 15 is 0 Å². The maximum absolute atomic E-state index is 13.1. The van der Waals surface area contributed by atoms with Gasteiger partial charge in [0.05, 0.1) is 5.69 Å². The van der Waals surface area contributed by atoms with Gasteiger partial charge in [-0.15, -0.1) is 0 Å². The minimum atomic E-state index is -0.597. The van der Waals surface area contributed by atoms with Crippen LogP contribution in [0.1, 0.15) is 19.3 Å². The van der Waals surface area contributed by atoms with Crippen LogP contribution in [0.25, 0.3) is 0 Å². The van der Waals surface area contributed by atoms with Gasteiger partial charge >= 0.3 is 12.1 Å². The standard InChI is InChI=1S/C25H24ClN5O3/c26-18-9-11-19(12-10-18)27-24(33)29-31(22-6-2-1-3-7-22)25(34)28-20-13-15-21(16-14-20)30-17-5-4-8-23(30)32/h1-3,6-7,9-16H,4-5,8,17H2,(H,28,34)(H2,27,29,33). The third-order valence-corrected chi connectivity index (χ3v) is 5.54. The molecule has 0 spiro atoms. The first-order chi connectivity index (χ1) is 16.5. The van der Waals surface area contributed by atoms with Gasteiger partial charge in [-0.2, -0.15) is 0 Å². The molecule has 0 saturated carbocycles. The van der Waals surface area contributed by atoms with Crippen molar-refractivity contribution in [1.82, 2.24) is 5.43 Å². The van der Waals surface area contributed by atoms with E-state index in [4.69, 9.17) is 11.6 Å². The molecule has 9 heteroatoms. The first-order valence-corrected chi connectivity index (χ1v) is 11.3. The summed E-state index contributed by atoms with van der Waals surface area (Å²) >= 11 is 5.88. The highest BCUT2D eigenvalue weighted by Gasteiger charge is 2.21. The van der Waals surface area contributed by atoms with Gasteiger partial charge in [-0.3, -0.25) is 4.79 Å². The second-order valence-corrected chi connectivity index (χ2v) is 8.16. The van der Waals surface area contributed by atoms with Crippen molar-refractivity contribution >= 4 is 52.3 Å². The van der Waals surface area contributed by atoms with Gasteiger partial charge in [0.2, 0.25) is 5.91 Å². The summed E-state index contributed by atoms with van der Waals surface area (Å²) in [5.74, 6) is 0.106. The van der Waals surface area contributed by atoms with E-state index < -0.39 is 12.1 Å². The van der Waals surface area contributed by atoms with Crippen LogP contribution in [0.4, 0.5) is 32.3 Å². The number of nitrogens with one attached hydrogen (secondary N) is 3. The third kappa shape index (κ3) is 5.85. The molecule has 3 N–H and O–H groups in total. The zero-order chi connectivity index (χ0) is 23.9. The maximum atomic E-state index is 13.1. The molecule has 5 amide bonds. The molecule has 1 aliphatic heterocycles. The highest BCUT2D eigenvalue weighted by atomic mass is 35.5. The number of hydrogen-bond acceptors (Lipinski definition) is 3. The van der Waals surface area contributed by atoms with E-state index in [0.29, 0.717) is 35.1 Å². The van der Waals surface area contributed by atoms with E-state index in [-0.39, 0.29) is 5.91 Å². The molecule has 3 aromatic rings. The molecule has 0 radical (unpaired) electrons. The number of halogens is 1. The summed E-state index contributed by atoms with van der Waals surface area (Å²) in [5.41, 5.74) is 4.89. The molecule has 0 aliphatic carbocycles. The fourth-order valence-corrected chi connectivity index (χ4v) is 3.71. The zero-order valence-electron chi connectivity index (χ0n) is 18.3. The molecule has 1 fully saturated rings. The predicted octanol–water partition coefficient (Wildman–Crippen LogP) is 5.63. The summed E-state index contributed by atoms with van der Waals surface area (Å²) in [6, 6.07) is 21.3. The maximum Gasteiger partial charge on any atom is 0.345 e. The Morgan fingerprint density at radius 3 is 2.15 bits per heavy atom. The Hall–Kier alpha value is -4.04. The summed E-state index contributed by atoms with van der Waals surface area (Å²) in [6.45, 7) is 0.693. The van der Waals surface area contributed by atoms with E-state index in [1.165, 1.54) is 0 Å². The molecule has 8 nitrogen and oxygen atoms in total. The number of carbonyl (C=O) groups is 3. The van der Waals surface area contributed by atoms with Gasteiger partial charge in [-0.25, -0.2) is 20.0 Å². The molecule has 1 saturated heterocycles. The normalized spacial score (nSPS) is 13.2. The highest BCUT2D eigenvalue weighted by molar-refractivity contribution is 6.30. The van der Waals surface area contributed by atoms with Gasteiger partial charge in [-0.1, -0.05) is 29.8 Å². The number of nitrogens with zero attached hydrogens (tertiary/aromatic N) is 2. The summed E-state index contributed by atoms with van der Waals surface area (Å²) < 4.78 is 0. The van der Waals surface area contributed by atoms with Crippen molar-refractivity contribution in [3.05, 3.63) is 83.9 Å². The van der Waals surface area contributed by atoms with Crippen molar-refractivity contribution in [1.29, 1.82) is 0 Å². The first kappa shape index (κ1) is 23.1. The average Bonchev–Trinajstić information content (AvgIpc) is 2.85. The van der Waals surface area contributed by atoms with Crippen molar-refractivity contribution < 1.29 is 14.4 Å². The van der Waals surface area contributed by atoms with Crippen LogP contribution in [0, 0.1) is 0 Å². The molecule has 34 heavy (non-hydrogen) atoms. The number of rotatable bonds is 4. The average molecular weight is 478 g/mol. The number of piperidine rings is 1. The van der Waals surface area contributed by atoms with E-state index in [1.54, 1.807) is 77.7 Å². The molecule has 0 aromatic heterocycles. The lowest BCUT2D eigenvalue weighted by molar-refractivity contribution is -0.119. The molecule has 0 atom stereocenters. The quantitative estimate of drug-likeness (QED) is 0.425. The third-order valence-electron chi connectivity index (χ3n) is 5.29. The zero-order valence-corrected chi connectivity index (χ0v) is 19.1. The summed E-state index contributed by atoms with van der Waals surface area (Å²) in [4.78, 5) is 39.6. The van der Waals surface area contributed by atoms with Crippen molar-refractivity contribution in [2.45, 2.75) is 19.3 Å². The number of amides is 5. The van der Waals surface area contributed by atoms with Crippen LogP contribution in [-0.4, -0.2) is 24.5 Å². The van der Waals surface area contributed by atoms with Crippen LogP contribution in [0.15, 0.2) is 78.9 Å². The predicted molar refractivity (Wildman–Crippen MR) is 134 cm³/mol. The largest absolute Gasteiger partial charge is 0.345 e. The highest BCUT2D eigenvalue weighted by Crippen LogP contribution is 2.23. The Labute approximate surface area is 202 Å². The van der Waals surface area contributed by atoms with E-state index in [2.05, 4.69) is 16.1 Å². The van der Waals surface area contributed by atoms with Crippen molar-refractivity contribution in [3.8, 4) is 0 Å². The summed E-state index contributed by atoms with van der Waals surface area (Å²) in [5, 5.41) is 7.12. The van der Waals surface area contributed by atoms with Crippen LogP contribution < -0.4 is 26.0 Å². The van der Waals surface area contributed by atoms with Gasteiger partial charge in [0.25, 0.3) is 0 Å². The molecule has 0 bridgehead atoms. The fraction of sp³-hybridized carbons (Fsp3) is 0.160. The van der Waals surface area contributed by atoms with E-state index in [0.717, 1.165) is 23.5 Å². The topological polar surface area (TPSA) is 93.8 Å². The summed E-state index contributed by atoms with van der Waals surface area (Å²) in [7, 11) is 0. The number of hydrogen-bond donors (Lipinski definition) is 3. The molecule has 3 aromatic carbocycles. The number of hydrazine groups is 1. The lowest BCUT2D eigenvalue weighted by Crippen LogP contribution is -2.50. The molecular weight excluding hydrogens is 454 g/mol. The fourth-order valence-electron chi connectivity index (χ4n) is 3.59. The molecule has 1 heterocycles. The number of para-hydroxylation sites is 1. The SMILES string of the molecule is O=C(Nc1ccc(Cl)cc1)NN(C(=O)Nc1ccc(N2CCCCC2=O)cc1)c1ccccc1. The minimum Gasteiger partial charge on any atom is -0.312 e. The molecule has 4 rings (SSSR count). The van der Waals surface area contributed by atoms with Crippen LogP contribution in [-0.2, 0) is 4.79 Å². The van der Waals surface area contributed by atoms with Gasteiger partial charge in [0.1, 0.15) is 0 Å². The van der Waals surface area contributed by atoms with Gasteiger partial charge in [0.15, 0.2) is 0 Å². The summed E-state index contributed by atoms with van der Waals surface area (Å²) in [6.07, 6.45) is 2.44. The first-order valence-electron chi connectivity index (χ1n) is 10.9. The van der Waals surface area contributed by atoms with Crippen molar-refractivity contribution in [2.75, 3.05) is 27.1 Å². The smallest absolute Gasteiger partial charge is 0.312 e. The van der Waals surface area contributed by atoms with Crippen LogP contribution in [0.2, 0.25) is 5.02 Å². The van der Waals surface area contributed by atoms with Crippen LogP contribution >= 0.6 is 11.6 Å². The Balaban J connectivity index is 1.45. The molecule has 174 valence electrons. The molecule has 1 aliphatic rings. The Morgan fingerprint density at radius 2 is 1.47 bits per heavy atom. The number of benzene rings is 3. The van der Waals surface area contributed by atoms with Crippen molar-refractivity contribution in [2.24, 2.45) is 0 Å². The molecule has 0 unspecified atom stereocenters. The Kier molecular flexibility index (Phi) is 7.29. The van der Waals surface area contributed by atoms with Gasteiger partial charge in [-0.05, 0) is 73.5 Å². The Morgan fingerprint density at radius 1 is 0.824 bits per heavy atom. The van der Waals surface area contributed by atoms with Gasteiger partial charge < -0.3 is 15.5 Å². The second kappa shape index (κ2) is 10.7. The monoisotopic (exact) mass is 477 g/mol. The van der Waals surface area contributed by atoms with Crippen LogP contribution in [0.5, 0.6) is 0 Å². The second-order valence-electron chi connectivity index (χ2n) is 7.72. The lowest BCUT2D eigenvalue weighted by Gasteiger charge is -2.27. The number of anilines is 4. The van der Waals surface area contributed by atoms with Crippen LogP contribution in [0.3, 0.4) is 0 Å². The van der Waals surface area contributed by atoms with E-state index in [1.807, 2.05) is 6.07 Å². The number of carbonyl (C=O) groups excluding carboxylic acids is 3. The van der Waals surface area contributed by atoms with Gasteiger partial charge in [0, 0.05) is 35.1 Å². The minimum absolute atomic E-state index is 0.106. The Bertz CT molecular complexity index is 1150. The van der Waals surface area contributed by atoms with Crippen molar-refractivity contribution in [3.63, 3.8) is 0 Å². The molecular formula is C25H24ClN5O3. The lowest BCUT2D eigenvalue weighted by atomic mass is 10.1.